The number of aromatic nitrogens is 1. The van der Waals surface area contributed by atoms with Crippen molar-refractivity contribution in [3.8, 4) is 5.75 Å². The van der Waals surface area contributed by atoms with Gasteiger partial charge in [-0.05, 0) is 18.2 Å². The van der Waals surface area contributed by atoms with E-state index in [0.717, 1.165) is 0 Å². The molecule has 0 aliphatic carbocycles. The van der Waals surface area contributed by atoms with Crippen LogP contribution in [0.1, 0.15) is 0 Å². The standard InChI is InChI=1S/C18H16ClNO5/c1-3-10-23-17(21)16(18(22)24-11-4-2)25-14-8-9-20-13-7-5-6-12(19)15(13)14/h3-9,16H,1-2,10-11H2. The molecule has 0 bridgehead atoms. The molecule has 2 aromatic rings. The lowest BCUT2D eigenvalue weighted by Crippen LogP contribution is -2.38. The third-order valence-corrected chi connectivity index (χ3v) is 3.35. The Balaban J connectivity index is 2.35. The van der Waals surface area contributed by atoms with E-state index in [1.165, 1.54) is 24.4 Å². The van der Waals surface area contributed by atoms with E-state index in [-0.39, 0.29) is 19.0 Å². The number of nitrogens with zero attached hydrogens (tertiary/aromatic N) is 1. The topological polar surface area (TPSA) is 74.7 Å². The van der Waals surface area contributed by atoms with Gasteiger partial charge in [0.1, 0.15) is 19.0 Å². The van der Waals surface area contributed by atoms with Crippen molar-refractivity contribution in [3.63, 3.8) is 0 Å². The molecule has 0 unspecified atom stereocenters. The summed E-state index contributed by atoms with van der Waals surface area (Å²) in [4.78, 5) is 28.5. The van der Waals surface area contributed by atoms with E-state index in [9.17, 15) is 9.59 Å². The third-order valence-electron chi connectivity index (χ3n) is 3.04. The monoisotopic (exact) mass is 361 g/mol. The second-order valence-corrected chi connectivity index (χ2v) is 5.19. The number of pyridine rings is 1. The minimum Gasteiger partial charge on any atom is -0.466 e. The maximum Gasteiger partial charge on any atom is 0.359 e. The molecule has 6 nitrogen and oxygen atoms in total. The summed E-state index contributed by atoms with van der Waals surface area (Å²) < 4.78 is 15.4. The van der Waals surface area contributed by atoms with Crippen molar-refractivity contribution in [1.82, 2.24) is 4.98 Å². The second kappa shape index (κ2) is 8.84. The van der Waals surface area contributed by atoms with E-state index in [2.05, 4.69) is 18.1 Å². The molecule has 1 aromatic carbocycles. The van der Waals surface area contributed by atoms with Gasteiger partial charge < -0.3 is 14.2 Å². The zero-order valence-corrected chi connectivity index (χ0v) is 14.1. The number of halogens is 1. The van der Waals surface area contributed by atoms with Gasteiger partial charge in [-0.3, -0.25) is 4.98 Å². The molecule has 0 fully saturated rings. The SMILES string of the molecule is C=CCOC(=O)C(Oc1ccnc2cccc(Cl)c12)C(=O)OCC=C. The largest absolute Gasteiger partial charge is 0.466 e. The molecule has 130 valence electrons. The van der Waals surface area contributed by atoms with E-state index < -0.39 is 18.0 Å². The summed E-state index contributed by atoms with van der Waals surface area (Å²) in [7, 11) is 0. The average molecular weight is 362 g/mol. The maximum absolute atomic E-state index is 12.2. The predicted octanol–water partition coefficient (Wildman–Crippen LogP) is 3.09. The Morgan fingerprint density at radius 1 is 1.12 bits per heavy atom. The summed E-state index contributed by atoms with van der Waals surface area (Å²) in [6.45, 7) is 6.77. The van der Waals surface area contributed by atoms with Crippen molar-refractivity contribution in [1.29, 1.82) is 0 Å². The minimum absolute atomic E-state index is 0.0642. The molecule has 1 heterocycles. The van der Waals surface area contributed by atoms with Crippen LogP contribution in [0.4, 0.5) is 0 Å². The van der Waals surface area contributed by atoms with Crippen molar-refractivity contribution in [2.24, 2.45) is 0 Å². The van der Waals surface area contributed by atoms with Gasteiger partial charge in [0.05, 0.1) is 15.9 Å². The van der Waals surface area contributed by atoms with E-state index in [1.54, 1.807) is 18.2 Å². The molecule has 25 heavy (non-hydrogen) atoms. The molecule has 0 aliphatic rings. The summed E-state index contributed by atoms with van der Waals surface area (Å²) in [6.07, 6.45) is 2.63. The molecule has 7 heteroatoms. The smallest absolute Gasteiger partial charge is 0.359 e. The first-order valence-corrected chi connectivity index (χ1v) is 7.71. The molecule has 2 rings (SSSR count). The van der Waals surface area contributed by atoms with Crippen molar-refractivity contribution >= 4 is 34.4 Å². The maximum atomic E-state index is 12.2. The van der Waals surface area contributed by atoms with Crippen molar-refractivity contribution < 1.29 is 23.8 Å². The van der Waals surface area contributed by atoms with Gasteiger partial charge in [0.25, 0.3) is 6.10 Å². The highest BCUT2D eigenvalue weighted by Gasteiger charge is 2.32. The first kappa shape index (κ1) is 18.5. The van der Waals surface area contributed by atoms with E-state index >= 15 is 0 Å². The molecule has 0 aliphatic heterocycles. The predicted molar refractivity (Wildman–Crippen MR) is 93.5 cm³/mol. The van der Waals surface area contributed by atoms with Crippen LogP contribution in [-0.2, 0) is 19.1 Å². The molecule has 0 radical (unpaired) electrons. The van der Waals surface area contributed by atoms with Gasteiger partial charge in [-0.15, -0.1) is 0 Å². The Labute approximate surface area is 149 Å². The highest BCUT2D eigenvalue weighted by atomic mass is 35.5. The van der Waals surface area contributed by atoms with Gasteiger partial charge in [0, 0.05) is 6.20 Å². The van der Waals surface area contributed by atoms with Gasteiger partial charge in [-0.2, -0.15) is 0 Å². The van der Waals surface area contributed by atoms with Crippen molar-refractivity contribution in [2.45, 2.75) is 6.10 Å². The van der Waals surface area contributed by atoms with Crippen LogP contribution in [0.25, 0.3) is 10.9 Å². The third kappa shape index (κ3) is 4.58. The molecule has 0 amide bonds. The molecule has 0 atom stereocenters. The Hall–Kier alpha value is -2.86. The van der Waals surface area contributed by atoms with Crippen LogP contribution < -0.4 is 4.74 Å². The zero-order valence-electron chi connectivity index (χ0n) is 13.3. The Morgan fingerprint density at radius 3 is 2.36 bits per heavy atom. The number of carbonyl (C=O) groups is 2. The molecule has 0 spiro atoms. The molecule has 1 aromatic heterocycles. The fourth-order valence-corrected chi connectivity index (χ4v) is 2.25. The number of ether oxygens (including phenoxy) is 3. The fraction of sp³-hybridized carbons (Fsp3) is 0.167. The van der Waals surface area contributed by atoms with Crippen LogP contribution in [0.3, 0.4) is 0 Å². The van der Waals surface area contributed by atoms with Crippen molar-refractivity contribution in [2.75, 3.05) is 13.2 Å². The van der Waals surface area contributed by atoms with Gasteiger partial charge in [0.2, 0.25) is 0 Å². The minimum atomic E-state index is -1.61. The molecule has 0 saturated heterocycles. The molecular weight excluding hydrogens is 346 g/mol. The lowest BCUT2D eigenvalue weighted by Gasteiger charge is -2.17. The number of rotatable bonds is 8. The summed E-state index contributed by atoms with van der Waals surface area (Å²) in [5, 5.41) is 0.850. The second-order valence-electron chi connectivity index (χ2n) is 4.78. The van der Waals surface area contributed by atoms with Crippen molar-refractivity contribution in [3.05, 3.63) is 60.8 Å². The number of esters is 2. The van der Waals surface area contributed by atoms with E-state index in [4.69, 9.17) is 25.8 Å². The zero-order chi connectivity index (χ0) is 18.2. The van der Waals surface area contributed by atoms with Crippen LogP contribution in [-0.4, -0.2) is 36.2 Å². The van der Waals surface area contributed by atoms with Crippen LogP contribution in [0.2, 0.25) is 5.02 Å². The summed E-state index contributed by atoms with van der Waals surface area (Å²) in [5.74, 6) is -1.58. The van der Waals surface area contributed by atoms with E-state index in [0.29, 0.717) is 15.9 Å². The highest BCUT2D eigenvalue weighted by Crippen LogP contribution is 2.31. The van der Waals surface area contributed by atoms with Gasteiger partial charge in [-0.25, -0.2) is 9.59 Å². The average Bonchev–Trinajstić information content (AvgIpc) is 2.62. The molecule has 0 saturated carbocycles. The first-order valence-electron chi connectivity index (χ1n) is 7.33. The first-order chi connectivity index (χ1) is 12.1. The number of benzene rings is 1. The highest BCUT2D eigenvalue weighted by molar-refractivity contribution is 6.35. The summed E-state index contributed by atoms with van der Waals surface area (Å²) in [5.41, 5.74) is 0.558. The number of carbonyl (C=O) groups excluding carboxylic acids is 2. The quantitative estimate of drug-likeness (QED) is 0.408. The fourth-order valence-electron chi connectivity index (χ4n) is 1.98. The van der Waals surface area contributed by atoms with Crippen LogP contribution >= 0.6 is 11.6 Å². The van der Waals surface area contributed by atoms with E-state index in [1.807, 2.05) is 0 Å². The molecule has 0 N–H and O–H groups in total. The number of hydrogen-bond donors (Lipinski definition) is 0. The van der Waals surface area contributed by atoms with Gasteiger partial charge in [-0.1, -0.05) is 43.0 Å². The Kier molecular flexibility index (Phi) is 6.54. The lowest BCUT2D eigenvalue weighted by atomic mass is 10.2. The molecular formula is C18H16ClNO5. The normalized spacial score (nSPS) is 10.3. The summed E-state index contributed by atoms with van der Waals surface area (Å²) >= 11 is 6.19. The Bertz CT molecular complexity index is 776. The number of fused-ring (bicyclic) bond motifs is 1. The Morgan fingerprint density at radius 2 is 1.76 bits per heavy atom. The van der Waals surface area contributed by atoms with Gasteiger partial charge >= 0.3 is 11.9 Å². The summed E-state index contributed by atoms with van der Waals surface area (Å²) in [6, 6.07) is 6.62. The number of hydrogen-bond acceptors (Lipinski definition) is 6. The lowest BCUT2D eigenvalue weighted by molar-refractivity contribution is -0.165. The van der Waals surface area contributed by atoms with Crippen LogP contribution in [0.5, 0.6) is 5.75 Å². The van der Waals surface area contributed by atoms with Crippen LogP contribution in [0, 0.1) is 0 Å². The van der Waals surface area contributed by atoms with Crippen LogP contribution in [0.15, 0.2) is 55.8 Å². The van der Waals surface area contributed by atoms with Gasteiger partial charge in [0.15, 0.2) is 0 Å².